The summed E-state index contributed by atoms with van der Waals surface area (Å²) in [6.07, 6.45) is 1.63. The van der Waals surface area contributed by atoms with Gasteiger partial charge in [0, 0.05) is 26.2 Å². The van der Waals surface area contributed by atoms with Gasteiger partial charge in [-0.05, 0) is 18.8 Å². The van der Waals surface area contributed by atoms with Gasteiger partial charge in [0.1, 0.15) is 0 Å². The van der Waals surface area contributed by atoms with Crippen molar-refractivity contribution in [2.24, 2.45) is 5.92 Å². The predicted octanol–water partition coefficient (Wildman–Crippen LogP) is 0.392. The number of nitrogens with one attached hydrogen (secondary N) is 1. The van der Waals surface area contributed by atoms with Crippen molar-refractivity contribution >= 4 is 11.9 Å². The Kier molecular flexibility index (Phi) is 4.55. The highest BCUT2D eigenvalue weighted by Crippen LogP contribution is 2.20. The number of carbonyl (C=O) groups is 2. The molecule has 0 aromatic rings. The van der Waals surface area contributed by atoms with E-state index in [9.17, 15) is 9.59 Å². The Bertz CT molecular complexity index is 220. The zero-order chi connectivity index (χ0) is 11.3. The van der Waals surface area contributed by atoms with Crippen LogP contribution in [0.1, 0.15) is 26.2 Å². The summed E-state index contributed by atoms with van der Waals surface area (Å²) >= 11 is 0. The first-order valence-corrected chi connectivity index (χ1v) is 5.16. The van der Waals surface area contributed by atoms with E-state index < -0.39 is 5.97 Å². The molecular weight excluding hydrogens is 198 g/mol. The number of ether oxygens (including phenoxy) is 1. The van der Waals surface area contributed by atoms with Crippen molar-refractivity contribution < 1.29 is 19.4 Å². The molecule has 2 N–H and O–H groups in total. The molecule has 1 rings (SSSR count). The topological polar surface area (TPSA) is 75.6 Å². The van der Waals surface area contributed by atoms with E-state index in [0.29, 0.717) is 13.2 Å². The first-order chi connectivity index (χ1) is 7.09. The van der Waals surface area contributed by atoms with Crippen LogP contribution < -0.4 is 5.32 Å². The molecule has 0 saturated carbocycles. The van der Waals surface area contributed by atoms with E-state index in [0.717, 1.165) is 12.8 Å². The summed E-state index contributed by atoms with van der Waals surface area (Å²) in [6, 6.07) is -0.260. The van der Waals surface area contributed by atoms with Crippen LogP contribution in [0.5, 0.6) is 0 Å². The average molecular weight is 215 g/mol. The molecule has 15 heavy (non-hydrogen) atoms. The Balaban J connectivity index is 2.52. The number of aliphatic carboxylic acids is 1. The summed E-state index contributed by atoms with van der Waals surface area (Å²) in [6.45, 7) is 2.72. The van der Waals surface area contributed by atoms with Gasteiger partial charge < -0.3 is 15.2 Å². The number of carboxylic acids is 1. The largest absolute Gasteiger partial charge is 0.481 e. The number of amides is 1. The van der Waals surface area contributed by atoms with E-state index in [1.165, 1.54) is 6.92 Å². The number of rotatable bonds is 4. The van der Waals surface area contributed by atoms with E-state index in [4.69, 9.17) is 9.84 Å². The number of carboxylic acid groups (broad SMARTS) is 1. The highest BCUT2D eigenvalue weighted by Gasteiger charge is 2.26. The van der Waals surface area contributed by atoms with Crippen LogP contribution in [0.15, 0.2) is 0 Å². The Morgan fingerprint density at radius 1 is 1.47 bits per heavy atom. The average Bonchev–Trinajstić information content (AvgIpc) is 2.17. The lowest BCUT2D eigenvalue weighted by Crippen LogP contribution is -2.42. The first-order valence-electron chi connectivity index (χ1n) is 5.16. The molecule has 0 aliphatic carbocycles. The van der Waals surface area contributed by atoms with Gasteiger partial charge in [0.05, 0.1) is 6.42 Å². The van der Waals surface area contributed by atoms with E-state index in [1.807, 2.05) is 0 Å². The van der Waals surface area contributed by atoms with Gasteiger partial charge in [-0.25, -0.2) is 0 Å². The predicted molar refractivity (Wildman–Crippen MR) is 53.4 cm³/mol. The van der Waals surface area contributed by atoms with Gasteiger partial charge >= 0.3 is 5.97 Å². The van der Waals surface area contributed by atoms with Gasteiger partial charge in [0.25, 0.3) is 0 Å². The monoisotopic (exact) mass is 215 g/mol. The van der Waals surface area contributed by atoms with Gasteiger partial charge in [-0.3, -0.25) is 9.59 Å². The molecule has 1 fully saturated rings. The minimum absolute atomic E-state index is 0.00968. The molecule has 1 atom stereocenters. The van der Waals surface area contributed by atoms with E-state index >= 15 is 0 Å². The second kappa shape index (κ2) is 5.70. The number of carbonyl (C=O) groups excluding carboxylic acids is 1. The molecule has 0 radical (unpaired) electrons. The van der Waals surface area contributed by atoms with Crippen molar-refractivity contribution in [3.63, 3.8) is 0 Å². The number of hydrogen-bond acceptors (Lipinski definition) is 3. The molecule has 5 heteroatoms. The molecule has 0 spiro atoms. The van der Waals surface area contributed by atoms with Crippen LogP contribution in [0.4, 0.5) is 0 Å². The van der Waals surface area contributed by atoms with Crippen LogP contribution in [0.25, 0.3) is 0 Å². The molecule has 1 heterocycles. The zero-order valence-corrected chi connectivity index (χ0v) is 8.86. The van der Waals surface area contributed by atoms with Crippen molar-refractivity contribution in [1.82, 2.24) is 5.32 Å². The van der Waals surface area contributed by atoms with Gasteiger partial charge in [0.2, 0.25) is 5.91 Å². The Hall–Kier alpha value is -1.10. The van der Waals surface area contributed by atoms with Crippen molar-refractivity contribution in [2.45, 2.75) is 32.2 Å². The SMILES string of the molecule is CC(=O)N[C@H](CC(=O)O)C1CCOCC1. The molecular formula is C10H17NO4. The maximum absolute atomic E-state index is 10.9. The molecule has 1 aliphatic heterocycles. The summed E-state index contributed by atoms with van der Waals surface area (Å²) in [5, 5.41) is 11.5. The maximum atomic E-state index is 10.9. The minimum Gasteiger partial charge on any atom is -0.481 e. The second-order valence-electron chi connectivity index (χ2n) is 3.85. The zero-order valence-electron chi connectivity index (χ0n) is 8.86. The fourth-order valence-corrected chi connectivity index (χ4v) is 1.90. The fourth-order valence-electron chi connectivity index (χ4n) is 1.90. The van der Waals surface area contributed by atoms with E-state index in [2.05, 4.69) is 5.32 Å². The summed E-state index contributed by atoms with van der Waals surface area (Å²) in [4.78, 5) is 21.6. The lowest BCUT2D eigenvalue weighted by molar-refractivity contribution is -0.138. The van der Waals surface area contributed by atoms with Gasteiger partial charge in [-0.1, -0.05) is 0 Å². The van der Waals surface area contributed by atoms with Crippen molar-refractivity contribution in [3.05, 3.63) is 0 Å². The van der Waals surface area contributed by atoms with Crippen molar-refractivity contribution in [2.75, 3.05) is 13.2 Å². The number of hydrogen-bond donors (Lipinski definition) is 2. The third-order valence-electron chi connectivity index (χ3n) is 2.62. The Morgan fingerprint density at radius 2 is 2.07 bits per heavy atom. The molecule has 1 saturated heterocycles. The summed E-state index contributed by atoms with van der Waals surface area (Å²) in [5.74, 6) is -0.827. The second-order valence-corrected chi connectivity index (χ2v) is 3.85. The summed E-state index contributed by atoms with van der Waals surface area (Å²) < 4.78 is 5.20. The third kappa shape index (κ3) is 4.29. The van der Waals surface area contributed by atoms with E-state index in [-0.39, 0.29) is 24.3 Å². The molecule has 5 nitrogen and oxygen atoms in total. The highest BCUT2D eigenvalue weighted by atomic mass is 16.5. The minimum atomic E-state index is -0.875. The summed E-state index contributed by atoms with van der Waals surface area (Å²) in [5.41, 5.74) is 0. The van der Waals surface area contributed by atoms with Crippen molar-refractivity contribution in [3.8, 4) is 0 Å². The van der Waals surface area contributed by atoms with Crippen molar-refractivity contribution in [1.29, 1.82) is 0 Å². The van der Waals surface area contributed by atoms with E-state index in [1.54, 1.807) is 0 Å². The first kappa shape index (κ1) is 12.0. The molecule has 86 valence electrons. The van der Waals surface area contributed by atoms with Crippen LogP contribution in [0.2, 0.25) is 0 Å². The molecule has 0 bridgehead atoms. The molecule has 0 aromatic heterocycles. The standard InChI is InChI=1S/C10H17NO4/c1-7(12)11-9(6-10(13)14)8-2-4-15-5-3-8/h8-9H,2-6H2,1H3,(H,11,12)(H,13,14)/t9-/m1/s1. The van der Waals surface area contributed by atoms with Gasteiger partial charge in [0.15, 0.2) is 0 Å². The molecule has 0 aromatic carbocycles. The van der Waals surface area contributed by atoms with Crippen LogP contribution in [0, 0.1) is 5.92 Å². The molecule has 1 amide bonds. The third-order valence-corrected chi connectivity index (χ3v) is 2.62. The fraction of sp³-hybridized carbons (Fsp3) is 0.800. The molecule has 1 aliphatic rings. The quantitative estimate of drug-likeness (QED) is 0.711. The van der Waals surface area contributed by atoms with Crippen LogP contribution in [-0.2, 0) is 14.3 Å². The Morgan fingerprint density at radius 3 is 2.53 bits per heavy atom. The highest BCUT2D eigenvalue weighted by molar-refractivity contribution is 5.75. The normalized spacial score (nSPS) is 19.5. The van der Waals surface area contributed by atoms with Gasteiger partial charge in [-0.15, -0.1) is 0 Å². The Labute approximate surface area is 88.8 Å². The molecule has 0 unspecified atom stereocenters. The van der Waals surface area contributed by atoms with Crippen LogP contribution >= 0.6 is 0 Å². The smallest absolute Gasteiger partial charge is 0.305 e. The summed E-state index contributed by atoms with van der Waals surface area (Å²) in [7, 11) is 0. The van der Waals surface area contributed by atoms with Gasteiger partial charge in [-0.2, -0.15) is 0 Å². The van der Waals surface area contributed by atoms with Crippen LogP contribution in [-0.4, -0.2) is 36.2 Å². The lowest BCUT2D eigenvalue weighted by atomic mass is 9.89. The maximum Gasteiger partial charge on any atom is 0.305 e. The lowest BCUT2D eigenvalue weighted by Gasteiger charge is -2.29. The van der Waals surface area contributed by atoms with Crippen LogP contribution in [0.3, 0.4) is 0 Å².